The van der Waals surface area contributed by atoms with Crippen LogP contribution in [0.2, 0.25) is 0 Å². The zero-order valence-corrected chi connectivity index (χ0v) is 12.7. The normalized spacial score (nSPS) is 18.5. The third-order valence-electron chi connectivity index (χ3n) is 4.35. The minimum Gasteiger partial charge on any atom is -0.339 e. The van der Waals surface area contributed by atoms with Crippen molar-refractivity contribution in [2.45, 2.75) is 50.2 Å². The number of aromatic nitrogens is 2. The van der Waals surface area contributed by atoms with E-state index in [4.69, 9.17) is 10.3 Å². The lowest BCUT2D eigenvalue weighted by Crippen LogP contribution is -2.44. The molecule has 1 unspecified atom stereocenters. The number of benzene rings is 1. The predicted molar refractivity (Wildman–Crippen MR) is 77.6 cm³/mol. The van der Waals surface area contributed by atoms with Gasteiger partial charge in [0.1, 0.15) is 0 Å². The molecule has 1 aliphatic rings. The van der Waals surface area contributed by atoms with Crippen LogP contribution in [0.3, 0.4) is 0 Å². The van der Waals surface area contributed by atoms with Crippen molar-refractivity contribution in [3.8, 4) is 0 Å². The van der Waals surface area contributed by atoms with Gasteiger partial charge in [0.05, 0.1) is 11.1 Å². The summed E-state index contributed by atoms with van der Waals surface area (Å²) in [6, 6.07) is 5.30. The SMILES string of the molecule is CC(Cc1cccc(C(F)(F)F)c1)c1nc(C2(N)CCC2)no1. The molecule has 0 saturated heterocycles. The minimum atomic E-state index is -4.34. The van der Waals surface area contributed by atoms with Crippen molar-refractivity contribution in [1.82, 2.24) is 10.1 Å². The van der Waals surface area contributed by atoms with Crippen LogP contribution < -0.4 is 5.73 Å². The minimum absolute atomic E-state index is 0.177. The molecule has 0 amide bonds. The van der Waals surface area contributed by atoms with E-state index in [2.05, 4.69) is 10.1 Å². The highest BCUT2D eigenvalue weighted by Gasteiger charge is 2.39. The molecule has 1 atom stereocenters. The summed E-state index contributed by atoms with van der Waals surface area (Å²) in [5, 5.41) is 3.94. The smallest absolute Gasteiger partial charge is 0.339 e. The summed E-state index contributed by atoms with van der Waals surface area (Å²) < 4.78 is 43.5. The van der Waals surface area contributed by atoms with Crippen LogP contribution in [0, 0.1) is 0 Å². The predicted octanol–water partition coefficient (Wildman–Crippen LogP) is 3.77. The lowest BCUT2D eigenvalue weighted by atomic mass is 9.77. The second kappa shape index (κ2) is 5.63. The molecule has 2 aromatic rings. The molecular weight excluding hydrogens is 307 g/mol. The Morgan fingerprint density at radius 3 is 2.70 bits per heavy atom. The van der Waals surface area contributed by atoms with E-state index in [0.29, 0.717) is 23.7 Å². The number of hydrogen-bond acceptors (Lipinski definition) is 4. The standard InChI is InChI=1S/C16H18F3N3O/c1-10(8-11-4-2-5-12(9-11)16(17,18)19)13-21-14(22-23-13)15(20)6-3-7-15/h2,4-5,9-10H,3,6-8,20H2,1H3. The summed E-state index contributed by atoms with van der Waals surface area (Å²) in [5.74, 6) is 0.729. The molecule has 23 heavy (non-hydrogen) atoms. The van der Waals surface area contributed by atoms with Crippen molar-refractivity contribution >= 4 is 0 Å². The van der Waals surface area contributed by atoms with Crippen molar-refractivity contribution < 1.29 is 17.7 Å². The van der Waals surface area contributed by atoms with Gasteiger partial charge in [0, 0.05) is 5.92 Å². The Kier molecular flexibility index (Phi) is 3.91. The highest BCUT2D eigenvalue weighted by Crippen LogP contribution is 2.37. The topological polar surface area (TPSA) is 64.9 Å². The van der Waals surface area contributed by atoms with Gasteiger partial charge in [-0.3, -0.25) is 0 Å². The number of hydrogen-bond donors (Lipinski definition) is 1. The van der Waals surface area contributed by atoms with Gasteiger partial charge < -0.3 is 10.3 Å². The van der Waals surface area contributed by atoms with E-state index >= 15 is 0 Å². The summed E-state index contributed by atoms with van der Waals surface area (Å²) in [6.45, 7) is 1.85. The summed E-state index contributed by atoms with van der Waals surface area (Å²) >= 11 is 0. The highest BCUT2D eigenvalue weighted by molar-refractivity contribution is 5.26. The summed E-state index contributed by atoms with van der Waals surface area (Å²) in [5.41, 5.74) is 5.58. The Labute approximate surface area is 131 Å². The first kappa shape index (κ1) is 16.0. The third kappa shape index (κ3) is 3.24. The number of nitrogens with two attached hydrogens (primary N) is 1. The molecule has 0 radical (unpaired) electrons. The van der Waals surface area contributed by atoms with Gasteiger partial charge in [0.25, 0.3) is 0 Å². The van der Waals surface area contributed by atoms with Crippen LogP contribution in [-0.2, 0) is 18.1 Å². The molecular formula is C16H18F3N3O. The Bertz CT molecular complexity index is 692. The lowest BCUT2D eigenvalue weighted by Gasteiger charge is -2.34. The molecule has 1 aromatic carbocycles. The van der Waals surface area contributed by atoms with E-state index in [0.717, 1.165) is 31.4 Å². The second-order valence-electron chi connectivity index (χ2n) is 6.27. The fourth-order valence-corrected chi connectivity index (χ4v) is 2.73. The summed E-state index contributed by atoms with van der Waals surface area (Å²) in [4.78, 5) is 4.35. The Morgan fingerprint density at radius 2 is 2.09 bits per heavy atom. The van der Waals surface area contributed by atoms with E-state index in [9.17, 15) is 13.2 Å². The lowest BCUT2D eigenvalue weighted by molar-refractivity contribution is -0.137. The summed E-state index contributed by atoms with van der Waals surface area (Å²) in [6.07, 6.45) is -1.25. The average molecular weight is 325 g/mol. The van der Waals surface area contributed by atoms with Gasteiger partial charge in [0.2, 0.25) is 5.89 Å². The Balaban J connectivity index is 1.73. The molecule has 1 saturated carbocycles. The first-order valence-electron chi connectivity index (χ1n) is 7.57. The zero-order valence-electron chi connectivity index (χ0n) is 12.7. The van der Waals surface area contributed by atoms with Crippen LogP contribution in [-0.4, -0.2) is 10.1 Å². The summed E-state index contributed by atoms with van der Waals surface area (Å²) in [7, 11) is 0. The zero-order chi connectivity index (χ0) is 16.7. The molecule has 0 bridgehead atoms. The van der Waals surface area contributed by atoms with Gasteiger partial charge in [-0.25, -0.2) is 0 Å². The number of rotatable bonds is 4. The Hall–Kier alpha value is -1.89. The Morgan fingerprint density at radius 1 is 1.35 bits per heavy atom. The van der Waals surface area contributed by atoms with Gasteiger partial charge in [-0.1, -0.05) is 30.3 Å². The van der Waals surface area contributed by atoms with Gasteiger partial charge in [-0.05, 0) is 37.3 Å². The van der Waals surface area contributed by atoms with Crippen LogP contribution in [0.1, 0.15) is 54.9 Å². The second-order valence-corrected chi connectivity index (χ2v) is 6.27. The molecule has 1 aliphatic carbocycles. The van der Waals surface area contributed by atoms with Crippen molar-refractivity contribution in [2.24, 2.45) is 5.73 Å². The van der Waals surface area contributed by atoms with Gasteiger partial charge >= 0.3 is 6.18 Å². The monoisotopic (exact) mass is 325 g/mol. The molecule has 7 heteroatoms. The fraction of sp³-hybridized carbons (Fsp3) is 0.500. The third-order valence-corrected chi connectivity index (χ3v) is 4.35. The van der Waals surface area contributed by atoms with E-state index in [1.165, 1.54) is 6.07 Å². The number of alkyl halides is 3. The largest absolute Gasteiger partial charge is 0.416 e. The number of nitrogens with zero attached hydrogens (tertiary/aromatic N) is 2. The van der Waals surface area contributed by atoms with Crippen molar-refractivity contribution in [2.75, 3.05) is 0 Å². The number of halogens is 3. The van der Waals surface area contributed by atoms with Crippen LogP contribution in [0.4, 0.5) is 13.2 Å². The fourth-order valence-electron chi connectivity index (χ4n) is 2.73. The van der Waals surface area contributed by atoms with Crippen molar-refractivity contribution in [3.05, 3.63) is 47.1 Å². The van der Waals surface area contributed by atoms with E-state index < -0.39 is 17.3 Å². The maximum Gasteiger partial charge on any atom is 0.416 e. The van der Waals surface area contributed by atoms with Crippen LogP contribution >= 0.6 is 0 Å². The van der Waals surface area contributed by atoms with Crippen LogP contribution in [0.25, 0.3) is 0 Å². The molecule has 2 N–H and O–H groups in total. The van der Waals surface area contributed by atoms with E-state index in [-0.39, 0.29) is 5.92 Å². The molecule has 1 heterocycles. The van der Waals surface area contributed by atoms with E-state index in [1.807, 2.05) is 6.92 Å². The van der Waals surface area contributed by atoms with Crippen molar-refractivity contribution in [1.29, 1.82) is 0 Å². The quantitative estimate of drug-likeness (QED) is 0.929. The van der Waals surface area contributed by atoms with Crippen LogP contribution in [0.15, 0.2) is 28.8 Å². The van der Waals surface area contributed by atoms with Crippen molar-refractivity contribution in [3.63, 3.8) is 0 Å². The van der Waals surface area contributed by atoms with Gasteiger partial charge in [-0.15, -0.1) is 0 Å². The molecule has 3 rings (SSSR count). The molecule has 0 aliphatic heterocycles. The van der Waals surface area contributed by atoms with E-state index in [1.54, 1.807) is 6.07 Å². The molecule has 1 fully saturated rings. The molecule has 0 spiro atoms. The van der Waals surface area contributed by atoms with Gasteiger partial charge in [0.15, 0.2) is 5.82 Å². The maximum absolute atomic E-state index is 12.8. The molecule has 1 aromatic heterocycles. The maximum atomic E-state index is 12.8. The first-order valence-corrected chi connectivity index (χ1v) is 7.57. The van der Waals surface area contributed by atoms with Gasteiger partial charge in [-0.2, -0.15) is 18.2 Å². The average Bonchev–Trinajstić information content (AvgIpc) is 2.94. The first-order chi connectivity index (χ1) is 10.8. The highest BCUT2D eigenvalue weighted by atomic mass is 19.4. The molecule has 4 nitrogen and oxygen atoms in total. The van der Waals surface area contributed by atoms with Crippen LogP contribution in [0.5, 0.6) is 0 Å². The molecule has 124 valence electrons.